The Morgan fingerprint density at radius 3 is 2.95 bits per heavy atom. The molecule has 0 aliphatic carbocycles. The Bertz CT molecular complexity index is 696. The van der Waals surface area contributed by atoms with Crippen LogP contribution in [0.25, 0.3) is 16.7 Å². The lowest BCUT2D eigenvalue weighted by Crippen LogP contribution is -2.26. The number of hydrogen-bond acceptors (Lipinski definition) is 3. The first-order valence-corrected chi connectivity index (χ1v) is 8.04. The first kappa shape index (κ1) is 14.5. The Labute approximate surface area is 133 Å². The maximum Gasteiger partial charge on any atom is 0.131 e. The Hall–Kier alpha value is -1.46. The van der Waals surface area contributed by atoms with Crippen LogP contribution in [0.15, 0.2) is 34.1 Å². The lowest BCUT2D eigenvalue weighted by atomic mass is 9.90. The number of nitrogens with one attached hydrogen (secondary N) is 1. The Morgan fingerprint density at radius 1 is 1.52 bits per heavy atom. The molecule has 110 valence electrons. The predicted molar refractivity (Wildman–Crippen MR) is 91.8 cm³/mol. The number of aliphatic imine (C=N–C) groups is 1. The number of pyridine rings is 1. The Kier molecular flexibility index (Phi) is 4.22. The summed E-state index contributed by atoms with van der Waals surface area (Å²) in [6.07, 6.45) is 8.49. The number of fused-ring (bicyclic) bond motifs is 1. The molecule has 2 aromatic heterocycles. The number of rotatable bonds is 3. The third-order valence-corrected chi connectivity index (χ3v) is 4.57. The van der Waals surface area contributed by atoms with Crippen LogP contribution in [0.5, 0.6) is 0 Å². The van der Waals surface area contributed by atoms with Gasteiger partial charge in [-0.1, -0.05) is 0 Å². The van der Waals surface area contributed by atoms with E-state index >= 15 is 0 Å². The smallest absolute Gasteiger partial charge is 0.131 e. The van der Waals surface area contributed by atoms with Crippen LogP contribution < -0.4 is 5.32 Å². The summed E-state index contributed by atoms with van der Waals surface area (Å²) in [5.74, 6) is 1.44. The van der Waals surface area contributed by atoms with Gasteiger partial charge in [-0.05, 0) is 79.1 Å². The lowest BCUT2D eigenvalue weighted by molar-refractivity contribution is 0.462. The molecule has 3 heterocycles. The molecule has 1 aliphatic heterocycles. The van der Waals surface area contributed by atoms with Crippen molar-refractivity contribution in [3.05, 3.63) is 34.7 Å². The standard InChI is InChI=1S/C16H19BrN4/c1-3-16(18-2)21-10-13(11-4-6-19-7-5-11)12-9-20-15(17)8-14(12)21/h3,8-11,19H,2,4-7H2,1H3. The fraction of sp³-hybridized carbons (Fsp3) is 0.375. The van der Waals surface area contributed by atoms with Gasteiger partial charge in [0.15, 0.2) is 0 Å². The molecule has 5 heteroatoms. The van der Waals surface area contributed by atoms with E-state index in [2.05, 4.69) is 54.8 Å². The normalized spacial score (nSPS) is 17.3. The highest BCUT2D eigenvalue weighted by molar-refractivity contribution is 9.10. The van der Waals surface area contributed by atoms with Crippen LogP contribution >= 0.6 is 15.9 Å². The minimum Gasteiger partial charge on any atom is -0.317 e. The Balaban J connectivity index is 2.18. The molecule has 0 radical (unpaired) electrons. The van der Waals surface area contributed by atoms with Gasteiger partial charge >= 0.3 is 0 Å². The van der Waals surface area contributed by atoms with Crippen LogP contribution in [0.2, 0.25) is 0 Å². The first-order valence-electron chi connectivity index (χ1n) is 7.25. The average molecular weight is 347 g/mol. The number of aromatic nitrogens is 2. The zero-order valence-electron chi connectivity index (χ0n) is 12.1. The zero-order valence-corrected chi connectivity index (χ0v) is 13.7. The maximum atomic E-state index is 4.41. The van der Waals surface area contributed by atoms with Gasteiger partial charge in [0.25, 0.3) is 0 Å². The fourth-order valence-corrected chi connectivity index (χ4v) is 3.39. The van der Waals surface area contributed by atoms with Crippen LogP contribution in [-0.4, -0.2) is 29.4 Å². The predicted octanol–water partition coefficient (Wildman–Crippen LogP) is 3.78. The molecule has 1 N–H and O–H groups in total. The van der Waals surface area contributed by atoms with Gasteiger partial charge in [-0.3, -0.25) is 0 Å². The molecule has 21 heavy (non-hydrogen) atoms. The van der Waals surface area contributed by atoms with Crippen LogP contribution in [0, 0.1) is 0 Å². The van der Waals surface area contributed by atoms with Crippen molar-refractivity contribution in [2.75, 3.05) is 13.1 Å². The maximum absolute atomic E-state index is 4.41. The van der Waals surface area contributed by atoms with Gasteiger partial charge in [0, 0.05) is 17.8 Å². The summed E-state index contributed by atoms with van der Waals surface area (Å²) in [7, 11) is 0. The number of hydrogen-bond donors (Lipinski definition) is 1. The summed E-state index contributed by atoms with van der Waals surface area (Å²) in [4.78, 5) is 8.55. The molecular formula is C16H19BrN4. The van der Waals surface area contributed by atoms with Crippen molar-refractivity contribution < 1.29 is 0 Å². The molecular weight excluding hydrogens is 328 g/mol. The molecule has 0 spiro atoms. The monoisotopic (exact) mass is 346 g/mol. The molecule has 0 saturated carbocycles. The van der Waals surface area contributed by atoms with Crippen molar-refractivity contribution in [3.63, 3.8) is 0 Å². The van der Waals surface area contributed by atoms with Gasteiger partial charge in [-0.25, -0.2) is 9.98 Å². The summed E-state index contributed by atoms with van der Waals surface area (Å²) < 4.78 is 2.96. The summed E-state index contributed by atoms with van der Waals surface area (Å²) >= 11 is 3.46. The summed E-state index contributed by atoms with van der Waals surface area (Å²) in [6.45, 7) is 7.83. The van der Waals surface area contributed by atoms with E-state index in [1.54, 1.807) is 0 Å². The molecule has 1 fully saturated rings. The van der Waals surface area contributed by atoms with Crippen molar-refractivity contribution in [1.82, 2.24) is 14.9 Å². The molecule has 0 unspecified atom stereocenters. The third kappa shape index (κ3) is 2.68. The fourth-order valence-electron chi connectivity index (χ4n) is 3.07. The topological polar surface area (TPSA) is 42.2 Å². The number of allylic oxidation sites excluding steroid dienone is 1. The van der Waals surface area contributed by atoms with Crippen LogP contribution in [0.3, 0.4) is 0 Å². The van der Waals surface area contributed by atoms with Gasteiger partial charge < -0.3 is 9.88 Å². The van der Waals surface area contributed by atoms with Gasteiger partial charge in [-0.15, -0.1) is 0 Å². The van der Waals surface area contributed by atoms with E-state index in [0.717, 1.165) is 29.0 Å². The van der Waals surface area contributed by atoms with Gasteiger partial charge in [-0.2, -0.15) is 0 Å². The SMILES string of the molecule is C=NC(=CC)n1cc(C2CCNCC2)c2cnc(Br)cc21. The highest BCUT2D eigenvalue weighted by atomic mass is 79.9. The van der Waals surface area contributed by atoms with E-state index in [9.17, 15) is 0 Å². The molecule has 0 aromatic carbocycles. The van der Waals surface area contributed by atoms with E-state index < -0.39 is 0 Å². The second kappa shape index (κ2) is 6.12. The molecule has 0 amide bonds. The van der Waals surface area contributed by atoms with E-state index in [1.165, 1.54) is 23.8 Å². The molecule has 0 atom stereocenters. The highest BCUT2D eigenvalue weighted by Crippen LogP contribution is 2.34. The average Bonchev–Trinajstić information content (AvgIpc) is 2.88. The molecule has 1 saturated heterocycles. The minimum absolute atomic E-state index is 0.584. The summed E-state index contributed by atoms with van der Waals surface area (Å²) in [5.41, 5.74) is 2.50. The van der Waals surface area contributed by atoms with E-state index in [4.69, 9.17) is 0 Å². The number of nitrogens with zero attached hydrogens (tertiary/aromatic N) is 3. The molecule has 4 nitrogen and oxygen atoms in total. The quantitative estimate of drug-likeness (QED) is 0.678. The molecule has 2 aromatic rings. The second-order valence-electron chi connectivity index (χ2n) is 5.31. The van der Waals surface area contributed by atoms with E-state index in [-0.39, 0.29) is 0 Å². The van der Waals surface area contributed by atoms with Crippen molar-refractivity contribution >= 4 is 39.4 Å². The van der Waals surface area contributed by atoms with Crippen molar-refractivity contribution in [2.45, 2.75) is 25.7 Å². The highest BCUT2D eigenvalue weighted by Gasteiger charge is 2.21. The van der Waals surface area contributed by atoms with Crippen LogP contribution in [0.4, 0.5) is 0 Å². The third-order valence-electron chi connectivity index (χ3n) is 4.13. The van der Waals surface area contributed by atoms with Crippen molar-refractivity contribution in [2.24, 2.45) is 4.99 Å². The molecule has 3 rings (SSSR count). The zero-order chi connectivity index (χ0) is 14.8. The lowest BCUT2D eigenvalue weighted by Gasteiger charge is -2.22. The second-order valence-corrected chi connectivity index (χ2v) is 6.12. The number of halogens is 1. The van der Waals surface area contributed by atoms with Crippen LogP contribution in [0.1, 0.15) is 31.2 Å². The molecule has 1 aliphatic rings. The van der Waals surface area contributed by atoms with Crippen molar-refractivity contribution in [1.29, 1.82) is 0 Å². The van der Waals surface area contributed by atoms with Gasteiger partial charge in [0.05, 0.1) is 5.52 Å². The summed E-state index contributed by atoms with van der Waals surface area (Å²) in [6, 6.07) is 2.05. The number of piperidine rings is 1. The Morgan fingerprint density at radius 2 is 2.29 bits per heavy atom. The minimum atomic E-state index is 0.584. The largest absolute Gasteiger partial charge is 0.317 e. The van der Waals surface area contributed by atoms with Crippen LogP contribution in [-0.2, 0) is 0 Å². The van der Waals surface area contributed by atoms with E-state index in [1.807, 2.05) is 19.2 Å². The summed E-state index contributed by atoms with van der Waals surface area (Å²) in [5, 5.41) is 4.64. The van der Waals surface area contributed by atoms with E-state index in [0.29, 0.717) is 5.92 Å². The first-order chi connectivity index (χ1) is 10.2. The molecule has 0 bridgehead atoms. The van der Waals surface area contributed by atoms with Gasteiger partial charge in [0.1, 0.15) is 10.4 Å². The van der Waals surface area contributed by atoms with Gasteiger partial charge in [0.2, 0.25) is 0 Å². The van der Waals surface area contributed by atoms with Crippen molar-refractivity contribution in [3.8, 4) is 0 Å².